The number of anilines is 1. The molecular weight excluding hydrogens is 214 g/mol. The summed E-state index contributed by atoms with van der Waals surface area (Å²) in [5.74, 6) is -0.717. The standard InChI is InChI=1S/C9H11N3O4/c1-2-16-11-7-4-3-6(9(10)13)5-8(7)12(14)15/h3-5,11H,2H2,1H3,(H2,10,13). The van der Waals surface area contributed by atoms with Gasteiger partial charge in [-0.2, -0.15) is 0 Å². The number of nitro benzene ring substituents is 1. The number of nitrogens with two attached hydrogens (primary N) is 1. The third kappa shape index (κ3) is 2.67. The maximum absolute atomic E-state index is 10.8. The lowest BCUT2D eigenvalue weighted by atomic mass is 10.1. The number of hydrogen-bond acceptors (Lipinski definition) is 5. The monoisotopic (exact) mass is 225 g/mol. The van der Waals surface area contributed by atoms with E-state index >= 15 is 0 Å². The van der Waals surface area contributed by atoms with Crippen molar-refractivity contribution in [2.45, 2.75) is 6.92 Å². The first kappa shape index (κ1) is 11.9. The van der Waals surface area contributed by atoms with E-state index in [1.807, 2.05) is 0 Å². The molecule has 1 amide bonds. The van der Waals surface area contributed by atoms with Crippen LogP contribution in [0.1, 0.15) is 17.3 Å². The van der Waals surface area contributed by atoms with E-state index in [2.05, 4.69) is 5.48 Å². The Hall–Kier alpha value is -2.15. The highest BCUT2D eigenvalue weighted by atomic mass is 16.6. The fraction of sp³-hybridized carbons (Fsp3) is 0.222. The third-order valence-corrected chi connectivity index (χ3v) is 1.81. The Kier molecular flexibility index (Phi) is 3.78. The zero-order valence-corrected chi connectivity index (χ0v) is 8.60. The molecule has 86 valence electrons. The highest BCUT2D eigenvalue weighted by Crippen LogP contribution is 2.25. The van der Waals surface area contributed by atoms with E-state index in [9.17, 15) is 14.9 Å². The molecule has 0 heterocycles. The van der Waals surface area contributed by atoms with Crippen LogP contribution in [0.3, 0.4) is 0 Å². The van der Waals surface area contributed by atoms with Crippen molar-refractivity contribution < 1.29 is 14.6 Å². The van der Waals surface area contributed by atoms with Gasteiger partial charge >= 0.3 is 0 Å². The topological polar surface area (TPSA) is 107 Å². The second-order valence-electron chi connectivity index (χ2n) is 2.89. The maximum atomic E-state index is 10.8. The minimum Gasteiger partial charge on any atom is -0.366 e. The summed E-state index contributed by atoms with van der Waals surface area (Å²) in [6.45, 7) is 2.09. The molecule has 7 nitrogen and oxygen atoms in total. The first-order chi connectivity index (χ1) is 7.56. The van der Waals surface area contributed by atoms with E-state index in [0.717, 1.165) is 6.07 Å². The Bertz CT molecular complexity index is 419. The highest BCUT2D eigenvalue weighted by molar-refractivity contribution is 5.94. The molecule has 0 aliphatic rings. The van der Waals surface area contributed by atoms with Crippen LogP contribution in [0.15, 0.2) is 18.2 Å². The number of nitrogens with one attached hydrogen (secondary N) is 1. The zero-order valence-electron chi connectivity index (χ0n) is 8.60. The van der Waals surface area contributed by atoms with Gasteiger partial charge in [-0.1, -0.05) is 0 Å². The number of carbonyl (C=O) groups excluding carboxylic acids is 1. The van der Waals surface area contributed by atoms with Crippen molar-refractivity contribution in [3.63, 3.8) is 0 Å². The highest BCUT2D eigenvalue weighted by Gasteiger charge is 2.16. The van der Waals surface area contributed by atoms with E-state index in [4.69, 9.17) is 10.6 Å². The van der Waals surface area contributed by atoms with Crippen molar-refractivity contribution in [2.75, 3.05) is 12.1 Å². The molecule has 0 aromatic heterocycles. The summed E-state index contributed by atoms with van der Waals surface area (Å²) in [7, 11) is 0. The van der Waals surface area contributed by atoms with Gasteiger partial charge < -0.3 is 5.73 Å². The molecule has 0 spiro atoms. The van der Waals surface area contributed by atoms with Gasteiger partial charge in [0.05, 0.1) is 11.5 Å². The summed E-state index contributed by atoms with van der Waals surface area (Å²) < 4.78 is 0. The largest absolute Gasteiger partial charge is 0.366 e. The fourth-order valence-electron chi connectivity index (χ4n) is 1.07. The SMILES string of the molecule is CCONc1ccc(C(N)=O)cc1[N+](=O)[O-]. The lowest BCUT2D eigenvalue weighted by Gasteiger charge is -2.06. The number of benzene rings is 1. The van der Waals surface area contributed by atoms with E-state index < -0.39 is 10.8 Å². The lowest BCUT2D eigenvalue weighted by molar-refractivity contribution is -0.384. The van der Waals surface area contributed by atoms with Gasteiger partial charge in [-0.05, 0) is 19.1 Å². The van der Waals surface area contributed by atoms with Gasteiger partial charge in [0.25, 0.3) is 5.69 Å². The predicted octanol–water partition coefficient (Wildman–Crippen LogP) is 1.06. The van der Waals surface area contributed by atoms with Crippen LogP contribution in [0.5, 0.6) is 0 Å². The number of carbonyl (C=O) groups is 1. The van der Waals surface area contributed by atoms with Crippen molar-refractivity contribution in [3.05, 3.63) is 33.9 Å². The summed E-state index contributed by atoms with van der Waals surface area (Å²) in [5, 5.41) is 10.7. The van der Waals surface area contributed by atoms with Gasteiger partial charge in [0.2, 0.25) is 5.91 Å². The molecule has 16 heavy (non-hydrogen) atoms. The Morgan fingerprint density at radius 3 is 2.81 bits per heavy atom. The van der Waals surface area contributed by atoms with Crippen LogP contribution in [0.2, 0.25) is 0 Å². The van der Waals surface area contributed by atoms with E-state index in [1.165, 1.54) is 12.1 Å². The Morgan fingerprint density at radius 2 is 2.31 bits per heavy atom. The average Bonchev–Trinajstić information content (AvgIpc) is 2.25. The molecule has 0 saturated carbocycles. The van der Waals surface area contributed by atoms with Crippen LogP contribution in [-0.4, -0.2) is 17.4 Å². The molecule has 1 aromatic carbocycles. The summed E-state index contributed by atoms with van der Waals surface area (Å²) in [5.41, 5.74) is 7.43. The van der Waals surface area contributed by atoms with Gasteiger partial charge in [-0.25, -0.2) is 0 Å². The molecular formula is C9H11N3O4. The molecule has 0 unspecified atom stereocenters. The number of rotatable bonds is 5. The minimum absolute atomic E-state index is 0.0775. The summed E-state index contributed by atoms with van der Waals surface area (Å²) in [6, 6.07) is 3.86. The van der Waals surface area contributed by atoms with Crippen LogP contribution in [0.4, 0.5) is 11.4 Å². The minimum atomic E-state index is -0.717. The van der Waals surface area contributed by atoms with Gasteiger partial charge in [-0.15, -0.1) is 0 Å². The zero-order chi connectivity index (χ0) is 12.1. The number of nitro groups is 1. The van der Waals surface area contributed by atoms with E-state index in [1.54, 1.807) is 6.92 Å². The van der Waals surface area contributed by atoms with Crippen molar-refractivity contribution >= 4 is 17.3 Å². The molecule has 0 fully saturated rings. The van der Waals surface area contributed by atoms with Crippen molar-refractivity contribution in [3.8, 4) is 0 Å². The Morgan fingerprint density at radius 1 is 1.62 bits per heavy atom. The van der Waals surface area contributed by atoms with E-state index in [0.29, 0.717) is 6.61 Å². The first-order valence-electron chi connectivity index (χ1n) is 4.52. The Balaban J connectivity index is 3.09. The maximum Gasteiger partial charge on any atom is 0.295 e. The molecule has 1 aromatic rings. The normalized spacial score (nSPS) is 9.81. The van der Waals surface area contributed by atoms with Crippen LogP contribution in [0, 0.1) is 10.1 Å². The number of hydrogen-bond donors (Lipinski definition) is 2. The van der Waals surface area contributed by atoms with Crippen LogP contribution < -0.4 is 11.2 Å². The number of primary amides is 1. The molecule has 0 atom stereocenters. The Labute approximate surface area is 91.3 Å². The van der Waals surface area contributed by atoms with Crippen LogP contribution >= 0.6 is 0 Å². The van der Waals surface area contributed by atoms with Crippen LogP contribution in [-0.2, 0) is 4.84 Å². The van der Waals surface area contributed by atoms with Crippen LogP contribution in [0.25, 0.3) is 0 Å². The van der Waals surface area contributed by atoms with Gasteiger partial charge in [0.15, 0.2) is 0 Å². The van der Waals surface area contributed by atoms with Gasteiger partial charge in [0, 0.05) is 11.6 Å². The molecule has 0 saturated heterocycles. The second kappa shape index (κ2) is 5.08. The van der Waals surface area contributed by atoms with E-state index in [-0.39, 0.29) is 16.9 Å². The molecule has 1 rings (SSSR count). The predicted molar refractivity (Wildman–Crippen MR) is 56.9 cm³/mol. The average molecular weight is 225 g/mol. The first-order valence-corrected chi connectivity index (χ1v) is 4.52. The van der Waals surface area contributed by atoms with Gasteiger partial charge in [0.1, 0.15) is 5.69 Å². The third-order valence-electron chi connectivity index (χ3n) is 1.81. The molecule has 7 heteroatoms. The molecule has 3 N–H and O–H groups in total. The summed E-state index contributed by atoms with van der Waals surface area (Å²) >= 11 is 0. The fourth-order valence-corrected chi connectivity index (χ4v) is 1.07. The smallest absolute Gasteiger partial charge is 0.295 e. The van der Waals surface area contributed by atoms with Crippen molar-refractivity contribution in [2.24, 2.45) is 5.73 Å². The van der Waals surface area contributed by atoms with Crippen molar-refractivity contribution in [1.29, 1.82) is 0 Å². The number of nitrogens with zero attached hydrogens (tertiary/aromatic N) is 1. The summed E-state index contributed by atoms with van der Waals surface area (Å²) in [6.07, 6.45) is 0. The van der Waals surface area contributed by atoms with Crippen molar-refractivity contribution in [1.82, 2.24) is 0 Å². The summed E-state index contributed by atoms with van der Waals surface area (Å²) in [4.78, 5) is 25.8. The molecule has 0 aliphatic heterocycles. The molecule has 0 bridgehead atoms. The molecule has 0 radical (unpaired) electrons. The quantitative estimate of drug-likeness (QED) is 0.575. The van der Waals surface area contributed by atoms with Gasteiger partial charge in [-0.3, -0.25) is 25.2 Å². The second-order valence-corrected chi connectivity index (χ2v) is 2.89. The lowest BCUT2D eigenvalue weighted by Crippen LogP contribution is -2.12. The molecule has 0 aliphatic carbocycles. The number of amides is 1.